The van der Waals surface area contributed by atoms with Crippen LogP contribution in [0.1, 0.15) is 46.5 Å². The molecule has 2 aromatic carbocycles. The summed E-state index contributed by atoms with van der Waals surface area (Å²) in [4.78, 5) is 29.4. The predicted octanol–water partition coefficient (Wildman–Crippen LogP) is 4.15. The Morgan fingerprint density at radius 3 is 2.58 bits per heavy atom. The van der Waals surface area contributed by atoms with Gasteiger partial charge in [-0.1, -0.05) is 30.3 Å². The molecule has 1 aliphatic carbocycles. The van der Waals surface area contributed by atoms with Gasteiger partial charge in [-0.2, -0.15) is 0 Å². The average Bonchev–Trinajstić information content (AvgIpc) is 3.31. The molecule has 0 bridgehead atoms. The standard InChI is InChI=1S/C27H29N3O3/c31-26(30-16-13-21-4-1-2-6-25(21)30)14-15-29(19-24-5-3-17-33-24)18-20-7-9-22(10-8-20)27(32)28-23-11-12-23/h1-10,17,23H,11-16,18-19H2,(H,28,32). The van der Waals surface area contributed by atoms with Crippen molar-refractivity contribution < 1.29 is 14.0 Å². The van der Waals surface area contributed by atoms with Gasteiger partial charge in [0.2, 0.25) is 5.91 Å². The lowest BCUT2D eigenvalue weighted by Crippen LogP contribution is -2.33. The Labute approximate surface area is 194 Å². The molecule has 2 aliphatic rings. The van der Waals surface area contributed by atoms with Crippen molar-refractivity contribution in [3.63, 3.8) is 0 Å². The number of para-hydroxylation sites is 1. The maximum absolute atomic E-state index is 13.0. The van der Waals surface area contributed by atoms with Gasteiger partial charge < -0.3 is 14.6 Å². The zero-order valence-electron chi connectivity index (χ0n) is 18.7. The molecule has 2 amide bonds. The van der Waals surface area contributed by atoms with Crippen LogP contribution in [0.3, 0.4) is 0 Å². The van der Waals surface area contributed by atoms with E-state index in [0.29, 0.717) is 37.7 Å². The fraction of sp³-hybridized carbons (Fsp3) is 0.333. The summed E-state index contributed by atoms with van der Waals surface area (Å²) in [6.07, 6.45) is 5.18. The number of amides is 2. The molecule has 1 fully saturated rings. The molecule has 6 heteroatoms. The van der Waals surface area contributed by atoms with Crippen LogP contribution < -0.4 is 10.2 Å². The summed E-state index contributed by atoms with van der Waals surface area (Å²) in [6, 6.07) is 20.1. The maximum Gasteiger partial charge on any atom is 0.251 e. The molecule has 2 heterocycles. The summed E-state index contributed by atoms with van der Waals surface area (Å²) >= 11 is 0. The molecule has 1 aromatic heterocycles. The van der Waals surface area contributed by atoms with Crippen molar-refractivity contribution >= 4 is 17.5 Å². The zero-order valence-corrected chi connectivity index (χ0v) is 18.7. The van der Waals surface area contributed by atoms with E-state index in [1.807, 2.05) is 59.5 Å². The van der Waals surface area contributed by atoms with E-state index in [0.717, 1.165) is 42.8 Å². The molecular weight excluding hydrogens is 414 g/mol. The number of furan rings is 1. The van der Waals surface area contributed by atoms with Gasteiger partial charge in [-0.3, -0.25) is 14.5 Å². The average molecular weight is 444 g/mol. The van der Waals surface area contributed by atoms with Crippen LogP contribution in [0.25, 0.3) is 0 Å². The van der Waals surface area contributed by atoms with Crippen LogP contribution in [0.4, 0.5) is 5.69 Å². The molecule has 170 valence electrons. The zero-order chi connectivity index (χ0) is 22.6. The van der Waals surface area contributed by atoms with Crippen LogP contribution in [-0.2, 0) is 24.3 Å². The summed E-state index contributed by atoms with van der Waals surface area (Å²) in [7, 11) is 0. The van der Waals surface area contributed by atoms with Gasteiger partial charge in [-0.15, -0.1) is 0 Å². The third-order valence-corrected chi connectivity index (χ3v) is 6.32. The molecule has 0 unspecified atom stereocenters. The summed E-state index contributed by atoms with van der Waals surface area (Å²) in [6.45, 7) is 2.68. The van der Waals surface area contributed by atoms with Gasteiger partial charge in [-0.05, 0) is 60.7 Å². The van der Waals surface area contributed by atoms with Gasteiger partial charge in [0.05, 0.1) is 12.8 Å². The Morgan fingerprint density at radius 2 is 1.82 bits per heavy atom. The lowest BCUT2D eigenvalue weighted by Gasteiger charge is -2.23. The molecule has 3 aromatic rings. The third-order valence-electron chi connectivity index (χ3n) is 6.32. The maximum atomic E-state index is 13.0. The molecule has 1 aliphatic heterocycles. The Morgan fingerprint density at radius 1 is 1.00 bits per heavy atom. The second-order valence-corrected chi connectivity index (χ2v) is 8.91. The molecule has 6 nitrogen and oxygen atoms in total. The largest absolute Gasteiger partial charge is 0.468 e. The predicted molar refractivity (Wildman–Crippen MR) is 127 cm³/mol. The number of carbonyl (C=O) groups is 2. The Bertz CT molecular complexity index is 1100. The van der Waals surface area contributed by atoms with E-state index in [-0.39, 0.29) is 11.8 Å². The Kier molecular flexibility index (Phi) is 6.26. The number of nitrogens with one attached hydrogen (secondary N) is 1. The number of anilines is 1. The third kappa shape index (κ3) is 5.34. The van der Waals surface area contributed by atoms with E-state index in [9.17, 15) is 9.59 Å². The SMILES string of the molecule is O=C(NC1CC1)c1ccc(CN(CCC(=O)N2CCc3ccccc32)Cc2ccco2)cc1. The van der Waals surface area contributed by atoms with Gasteiger partial charge >= 0.3 is 0 Å². The van der Waals surface area contributed by atoms with Gasteiger partial charge in [-0.25, -0.2) is 0 Å². The highest BCUT2D eigenvalue weighted by molar-refractivity contribution is 5.95. The first-order valence-corrected chi connectivity index (χ1v) is 11.7. The van der Waals surface area contributed by atoms with Gasteiger partial charge in [0.25, 0.3) is 5.91 Å². The first-order valence-electron chi connectivity index (χ1n) is 11.7. The highest BCUT2D eigenvalue weighted by atomic mass is 16.3. The van der Waals surface area contributed by atoms with Gasteiger partial charge in [0, 0.05) is 43.3 Å². The van der Waals surface area contributed by atoms with E-state index in [2.05, 4.69) is 16.3 Å². The molecule has 5 rings (SSSR count). The summed E-state index contributed by atoms with van der Waals surface area (Å²) in [5, 5.41) is 3.02. The minimum atomic E-state index is -0.00650. The van der Waals surface area contributed by atoms with Crippen molar-refractivity contribution in [2.75, 3.05) is 18.0 Å². The molecule has 33 heavy (non-hydrogen) atoms. The fourth-order valence-electron chi connectivity index (χ4n) is 4.34. The summed E-state index contributed by atoms with van der Waals surface area (Å²) in [5.74, 6) is 1.01. The first kappa shape index (κ1) is 21.5. The quantitative estimate of drug-likeness (QED) is 0.540. The molecule has 1 N–H and O–H groups in total. The smallest absolute Gasteiger partial charge is 0.251 e. The van der Waals surface area contributed by atoms with E-state index in [1.165, 1.54) is 5.56 Å². The van der Waals surface area contributed by atoms with Crippen LogP contribution >= 0.6 is 0 Å². The topological polar surface area (TPSA) is 65.8 Å². The monoisotopic (exact) mass is 443 g/mol. The van der Waals surface area contributed by atoms with Crippen molar-refractivity contribution in [2.24, 2.45) is 0 Å². The summed E-state index contributed by atoms with van der Waals surface area (Å²) < 4.78 is 5.56. The van der Waals surface area contributed by atoms with E-state index < -0.39 is 0 Å². The van der Waals surface area contributed by atoms with Crippen molar-refractivity contribution in [3.05, 3.63) is 89.4 Å². The second-order valence-electron chi connectivity index (χ2n) is 8.91. The van der Waals surface area contributed by atoms with E-state index >= 15 is 0 Å². The van der Waals surface area contributed by atoms with Crippen LogP contribution in [-0.4, -0.2) is 35.8 Å². The molecule has 1 saturated carbocycles. The number of fused-ring (bicyclic) bond motifs is 1. The van der Waals surface area contributed by atoms with Crippen molar-refractivity contribution in [3.8, 4) is 0 Å². The Hall–Kier alpha value is -3.38. The number of hydrogen-bond acceptors (Lipinski definition) is 4. The van der Waals surface area contributed by atoms with Crippen LogP contribution in [0.2, 0.25) is 0 Å². The normalized spacial score (nSPS) is 15.0. The minimum Gasteiger partial charge on any atom is -0.468 e. The number of rotatable bonds is 9. The van der Waals surface area contributed by atoms with Crippen molar-refractivity contribution in [1.82, 2.24) is 10.2 Å². The number of carbonyl (C=O) groups excluding carboxylic acids is 2. The van der Waals surface area contributed by atoms with Crippen molar-refractivity contribution in [1.29, 1.82) is 0 Å². The van der Waals surface area contributed by atoms with Crippen LogP contribution in [0.5, 0.6) is 0 Å². The van der Waals surface area contributed by atoms with E-state index in [1.54, 1.807) is 6.26 Å². The fourth-order valence-corrected chi connectivity index (χ4v) is 4.34. The molecular formula is C27H29N3O3. The van der Waals surface area contributed by atoms with Crippen LogP contribution in [0, 0.1) is 0 Å². The molecule has 0 saturated heterocycles. The lowest BCUT2D eigenvalue weighted by atomic mass is 10.1. The van der Waals surface area contributed by atoms with Crippen molar-refractivity contribution in [2.45, 2.75) is 44.8 Å². The number of nitrogens with zero attached hydrogens (tertiary/aromatic N) is 2. The second kappa shape index (κ2) is 9.63. The van der Waals surface area contributed by atoms with E-state index in [4.69, 9.17) is 4.42 Å². The Balaban J connectivity index is 1.22. The molecule has 0 spiro atoms. The first-order chi connectivity index (χ1) is 16.2. The van der Waals surface area contributed by atoms with Gasteiger partial charge in [0.15, 0.2) is 0 Å². The lowest BCUT2D eigenvalue weighted by molar-refractivity contribution is -0.118. The molecule has 0 radical (unpaired) electrons. The minimum absolute atomic E-state index is 0.00650. The van der Waals surface area contributed by atoms with Gasteiger partial charge in [0.1, 0.15) is 5.76 Å². The molecule has 0 atom stereocenters. The number of benzene rings is 2. The highest BCUT2D eigenvalue weighted by Gasteiger charge is 2.25. The number of hydrogen-bond donors (Lipinski definition) is 1. The van der Waals surface area contributed by atoms with Crippen LogP contribution in [0.15, 0.2) is 71.3 Å². The highest BCUT2D eigenvalue weighted by Crippen LogP contribution is 2.28. The summed E-state index contributed by atoms with van der Waals surface area (Å²) in [5.41, 5.74) is 4.07.